The monoisotopic (exact) mass is 1590 g/mol. The first-order chi connectivity index (χ1) is 51.6. The molecular weight excluding hydrogens is 1490 g/mol. The van der Waals surface area contributed by atoms with E-state index in [1.807, 2.05) is 18.4 Å². The van der Waals surface area contributed by atoms with Crippen LogP contribution in [0.3, 0.4) is 0 Å². The summed E-state index contributed by atoms with van der Waals surface area (Å²) in [6.45, 7) is 9.73. The third kappa shape index (κ3) is 32.8. The number of hydrogen-bond donors (Lipinski definition) is 20. The summed E-state index contributed by atoms with van der Waals surface area (Å²) in [4.78, 5) is 261. The second-order valence-corrected chi connectivity index (χ2v) is 28.8. The predicted molar refractivity (Wildman–Crippen MR) is 396 cm³/mol. The van der Waals surface area contributed by atoms with Crippen LogP contribution >= 0.6 is 23.1 Å². The highest BCUT2D eigenvalue weighted by Crippen LogP contribution is 2.30. The first-order valence-corrected chi connectivity index (χ1v) is 37.2. The molecule has 42 nitrogen and oxygen atoms in total. The van der Waals surface area contributed by atoms with E-state index in [4.69, 9.17) is 28.7 Å². The fourth-order valence-corrected chi connectivity index (χ4v) is 13.0. The zero-order valence-corrected chi connectivity index (χ0v) is 64.0. The van der Waals surface area contributed by atoms with Crippen LogP contribution in [0, 0.1) is 24.7 Å². The molecule has 0 saturated carbocycles. The molecule has 3 heterocycles. The van der Waals surface area contributed by atoms with Crippen molar-refractivity contribution in [2.45, 2.75) is 199 Å². The Morgan fingerprint density at radius 1 is 0.545 bits per heavy atom. The molecule has 3 rings (SSSR count). The average molecular weight is 1590 g/mol. The number of thioether (sulfide) groups is 1. The molecule has 1 fully saturated rings. The summed E-state index contributed by atoms with van der Waals surface area (Å²) in [5.74, 6) is -21.5. The molecule has 2 unspecified atom stereocenters. The molecule has 2 aliphatic heterocycles. The Balaban J connectivity index is 1.72. The standard InChI is InChI=1S/C66H103N21O21S2/c1-9-33(8)53(63(107)76-27-49(93)79-40(23-51(96)97)59(103)80-34(10-2)54(98)73-24-46(69)90)86-57(101)36(15-16-44(67)88)82-56(100)35(13-11-17-72-66(70)71)81-58(102)37(19-30(3)4)77-47(91)25-74-55(99)39(22-50(94)95)78-48(92)26-75-62(106)52(31(5)6)85-60(104)38(21-45(68)89)83-61(105)42-14-12-18-87(42)65(108)41-29-110-64(84-41)43-20-32(7)28-109-43/h20,28,30-31,33-42,52-53H,9-19,21-27,29H2,1-8H3,(H2,67,88)(H2,68,89)(H2,69,90)(H,73,98)(H,74,99)(H,75,106)(H,76,107)(H,77,91)(H,78,92)(H,79,93)(H,80,103)(H,81,102)(H,82,100)(H,83,105)(H,85,104)(H,86,101)(H,94,95)(H,96,97)(H4,70,71,72)/t33-,34-,35-,36-,37-,38-,39-,40-,41-,42-,52?,53?/m0/s1. The number of carboxylic acid groups (broad SMARTS) is 2. The molecule has 110 heavy (non-hydrogen) atoms. The highest BCUT2D eigenvalue weighted by molar-refractivity contribution is 8.15. The van der Waals surface area contributed by atoms with Crippen molar-refractivity contribution < 1.29 is 101 Å². The number of carbonyl (C=O) groups excluding carboxylic acids is 17. The van der Waals surface area contributed by atoms with Crippen molar-refractivity contribution in [1.82, 2.24) is 74.0 Å². The molecule has 0 bridgehead atoms. The molecule has 1 aromatic rings. The number of nitrogens with one attached hydrogen (secondary N) is 13. The van der Waals surface area contributed by atoms with Crippen molar-refractivity contribution in [2.75, 3.05) is 45.0 Å². The lowest BCUT2D eigenvalue weighted by Gasteiger charge is -2.28. The van der Waals surface area contributed by atoms with Crippen molar-refractivity contribution in [3.8, 4) is 0 Å². The topological polar surface area (TPSA) is 679 Å². The van der Waals surface area contributed by atoms with E-state index in [0.717, 1.165) is 10.4 Å². The molecule has 0 radical (unpaired) electrons. The van der Waals surface area contributed by atoms with Crippen LogP contribution in [-0.2, 0) is 91.1 Å². The minimum absolute atomic E-state index is 0.0116. The minimum Gasteiger partial charge on any atom is -0.481 e. The number of aryl methyl sites for hydroxylation is 1. The Morgan fingerprint density at radius 2 is 1.03 bits per heavy atom. The number of guanidine groups is 1. The number of primary amides is 3. The van der Waals surface area contributed by atoms with Crippen LogP contribution in [0.2, 0.25) is 0 Å². The molecule has 610 valence electrons. The predicted octanol–water partition coefficient (Wildman–Crippen LogP) is -7.48. The maximum atomic E-state index is 14.3. The van der Waals surface area contributed by atoms with Crippen LogP contribution in [0.15, 0.2) is 21.4 Å². The lowest BCUT2D eigenvalue weighted by atomic mass is 9.97. The van der Waals surface area contributed by atoms with Crippen LogP contribution in [0.5, 0.6) is 0 Å². The summed E-state index contributed by atoms with van der Waals surface area (Å²) in [6.07, 6.45) is -3.34. The van der Waals surface area contributed by atoms with Crippen LogP contribution < -0.4 is 97.8 Å². The number of amides is 17. The van der Waals surface area contributed by atoms with Gasteiger partial charge in [0.05, 0.1) is 50.3 Å². The van der Waals surface area contributed by atoms with E-state index >= 15 is 0 Å². The summed E-state index contributed by atoms with van der Waals surface area (Å²) >= 11 is 2.90. The SMILES string of the molecule is CC[C@H](NC(=O)[C@H](CC(=O)O)NC(=O)CNC(=O)C(NC(=O)[C@H](CCC(N)=O)NC(=O)[C@H](CCCN=C(N)N)NC(=O)[C@H](CC(C)C)NC(=O)CNC(=O)[C@H](CC(=O)O)NC(=O)CNC(=O)C(NC(=O)[C@H](CC(N)=O)NC(=O)[C@@H]1CCCN1C(=O)[C@@H]1CSC(c2cc(C)cs2)=N1)C(C)C)[C@@H](C)CC)C(=O)NCC(N)=O. The summed E-state index contributed by atoms with van der Waals surface area (Å²) in [7, 11) is 0. The molecule has 1 aromatic heterocycles. The summed E-state index contributed by atoms with van der Waals surface area (Å²) in [6, 6.07) is -14.1. The smallest absolute Gasteiger partial charge is 0.305 e. The van der Waals surface area contributed by atoms with E-state index in [1.54, 1.807) is 20.8 Å². The Kier molecular flexibility index (Phi) is 39.2. The van der Waals surface area contributed by atoms with Crippen molar-refractivity contribution >= 4 is 146 Å². The van der Waals surface area contributed by atoms with Crippen LogP contribution in [0.1, 0.15) is 136 Å². The highest BCUT2D eigenvalue weighted by Gasteiger charge is 2.42. The maximum Gasteiger partial charge on any atom is 0.305 e. The van der Waals surface area contributed by atoms with Gasteiger partial charge in [-0.15, -0.1) is 23.1 Å². The largest absolute Gasteiger partial charge is 0.481 e. The number of nitrogens with two attached hydrogens (primary N) is 5. The molecule has 0 spiro atoms. The second kappa shape index (κ2) is 46.3. The van der Waals surface area contributed by atoms with Gasteiger partial charge >= 0.3 is 11.9 Å². The number of aliphatic carboxylic acids is 2. The molecular formula is C66H103N21O21S2. The van der Waals surface area contributed by atoms with Crippen molar-refractivity contribution in [3.05, 3.63) is 21.9 Å². The van der Waals surface area contributed by atoms with Crippen LogP contribution in [-0.4, -0.2) is 250 Å². The lowest BCUT2D eigenvalue weighted by Crippen LogP contribution is -2.60. The Morgan fingerprint density at radius 3 is 1.54 bits per heavy atom. The normalized spacial score (nSPS) is 16.4. The van der Waals surface area contributed by atoms with Crippen molar-refractivity contribution in [2.24, 2.45) is 56.4 Å². The second-order valence-electron chi connectivity index (χ2n) is 26.8. The molecule has 2 aliphatic rings. The van der Waals surface area contributed by atoms with Gasteiger partial charge in [-0.2, -0.15) is 0 Å². The number of rotatable bonds is 48. The first-order valence-electron chi connectivity index (χ1n) is 35.4. The van der Waals surface area contributed by atoms with E-state index in [9.17, 15) is 101 Å². The number of carboxylic acids is 2. The Bertz CT molecular complexity index is 3610. The van der Waals surface area contributed by atoms with E-state index < -0.39 is 249 Å². The molecule has 0 aliphatic carbocycles. The van der Waals surface area contributed by atoms with E-state index in [-0.39, 0.29) is 63.5 Å². The van der Waals surface area contributed by atoms with Crippen molar-refractivity contribution in [3.63, 3.8) is 0 Å². The quantitative estimate of drug-likeness (QED) is 0.0164. The number of likely N-dealkylation sites (tertiary alicyclic amines) is 1. The van der Waals surface area contributed by atoms with Gasteiger partial charge in [0.2, 0.25) is 100 Å². The molecule has 44 heteroatoms. The van der Waals surface area contributed by atoms with Gasteiger partial charge in [0.15, 0.2) is 5.96 Å². The number of nitrogens with zero attached hydrogens (tertiary/aromatic N) is 3. The van der Waals surface area contributed by atoms with Crippen LogP contribution in [0.25, 0.3) is 0 Å². The number of aliphatic imine (C=N–C) groups is 2. The maximum absolute atomic E-state index is 14.3. The van der Waals surface area contributed by atoms with Gasteiger partial charge in [-0.05, 0) is 86.6 Å². The number of hydrogen-bond acceptors (Lipinski definition) is 23. The van der Waals surface area contributed by atoms with Gasteiger partial charge in [0, 0.05) is 25.3 Å². The summed E-state index contributed by atoms with van der Waals surface area (Å²) in [5, 5.41) is 52.3. The Hall–Kier alpha value is -11.1. The molecule has 17 amide bonds. The van der Waals surface area contributed by atoms with Gasteiger partial charge in [0.25, 0.3) is 0 Å². The number of carbonyl (C=O) groups is 19. The van der Waals surface area contributed by atoms with E-state index in [1.165, 1.54) is 55.7 Å². The minimum atomic E-state index is -1.90. The zero-order valence-electron chi connectivity index (χ0n) is 62.4. The molecule has 25 N–H and O–H groups in total. The molecule has 1 saturated heterocycles. The van der Waals surface area contributed by atoms with Crippen LogP contribution in [0.4, 0.5) is 0 Å². The molecule has 0 aromatic carbocycles. The van der Waals surface area contributed by atoms with Gasteiger partial charge in [-0.25, -0.2) is 0 Å². The zero-order chi connectivity index (χ0) is 82.8. The average Bonchev–Trinajstić information content (AvgIpc) is 1.65. The number of thiophene rings is 1. The highest BCUT2D eigenvalue weighted by atomic mass is 32.2. The third-order valence-corrected chi connectivity index (χ3v) is 19.1. The van der Waals surface area contributed by atoms with Gasteiger partial charge in [0.1, 0.15) is 71.5 Å². The first kappa shape index (κ1) is 93.1. The van der Waals surface area contributed by atoms with E-state index in [2.05, 4.69) is 79.1 Å². The summed E-state index contributed by atoms with van der Waals surface area (Å²) < 4.78 is 0. The van der Waals surface area contributed by atoms with Gasteiger partial charge < -0.3 is 113 Å². The lowest BCUT2D eigenvalue weighted by molar-refractivity contribution is -0.141. The Labute approximate surface area is 641 Å². The fourth-order valence-electron chi connectivity index (χ4n) is 10.9. The molecule has 12 atom stereocenters. The van der Waals surface area contributed by atoms with E-state index in [0.29, 0.717) is 17.2 Å². The third-order valence-electron chi connectivity index (χ3n) is 16.9. The van der Waals surface area contributed by atoms with Gasteiger partial charge in [-0.3, -0.25) is 101 Å². The summed E-state index contributed by atoms with van der Waals surface area (Å²) in [5.41, 5.74) is 28.0. The van der Waals surface area contributed by atoms with Crippen molar-refractivity contribution in [1.29, 1.82) is 0 Å². The van der Waals surface area contributed by atoms with Gasteiger partial charge in [-0.1, -0.05) is 54.9 Å². The fraction of sp³-hybridized carbons (Fsp3) is 0.621.